The second-order valence-corrected chi connectivity index (χ2v) is 8.38. The van der Waals surface area contributed by atoms with E-state index < -0.39 is 16.5 Å². The van der Waals surface area contributed by atoms with Crippen LogP contribution in [0.15, 0.2) is 49.1 Å². The standard InChI is InChI=1S/C22H22ClNO5S/c1-4-10-24-16-9-8-13(23)11-15(16)21(30-18(22(24)27)12-19(25)26)14-6-5-7-17(28-2)20(14)29-3/h4-9,11,18,21H,1,10,12H2,2-3H3,(H,25,26). The number of aliphatic carboxylic acids is 1. The second kappa shape index (κ2) is 9.45. The molecular weight excluding hydrogens is 426 g/mol. The van der Waals surface area contributed by atoms with Crippen LogP contribution in [0.1, 0.15) is 22.8 Å². The average molecular weight is 448 g/mol. The molecule has 8 heteroatoms. The number of carbonyl (C=O) groups is 2. The Bertz CT molecular complexity index is 980. The maximum Gasteiger partial charge on any atom is 0.305 e. The SMILES string of the molecule is C=CCN1C(=O)C(CC(=O)O)SC(c2cccc(OC)c2OC)c2cc(Cl)ccc21. The minimum atomic E-state index is -1.04. The average Bonchev–Trinajstić information content (AvgIpc) is 2.83. The van der Waals surface area contributed by atoms with E-state index in [9.17, 15) is 14.7 Å². The Morgan fingerprint density at radius 2 is 2.03 bits per heavy atom. The summed E-state index contributed by atoms with van der Waals surface area (Å²) in [6.07, 6.45) is 1.31. The van der Waals surface area contributed by atoms with Gasteiger partial charge in [-0.05, 0) is 29.8 Å². The van der Waals surface area contributed by atoms with Crippen LogP contribution >= 0.6 is 23.4 Å². The predicted molar refractivity (Wildman–Crippen MR) is 119 cm³/mol. The molecule has 1 N–H and O–H groups in total. The Balaban J connectivity index is 2.26. The summed E-state index contributed by atoms with van der Waals surface area (Å²) in [5.74, 6) is -0.246. The maximum atomic E-state index is 13.3. The fourth-order valence-electron chi connectivity index (χ4n) is 3.54. The number of methoxy groups -OCH3 is 2. The molecule has 2 unspecified atom stereocenters. The lowest BCUT2D eigenvalue weighted by Crippen LogP contribution is -2.38. The number of rotatable bonds is 7. The molecule has 1 aliphatic rings. The molecule has 0 saturated carbocycles. The van der Waals surface area contributed by atoms with E-state index in [1.165, 1.54) is 11.8 Å². The molecule has 0 fully saturated rings. The molecule has 1 aliphatic heterocycles. The first-order valence-corrected chi connectivity index (χ1v) is 10.5. The Labute approximate surface area is 184 Å². The lowest BCUT2D eigenvalue weighted by atomic mass is 10.00. The number of hydrogen-bond donors (Lipinski definition) is 1. The van der Waals surface area contributed by atoms with Gasteiger partial charge in [-0.15, -0.1) is 18.3 Å². The lowest BCUT2D eigenvalue weighted by molar-refractivity contribution is -0.138. The summed E-state index contributed by atoms with van der Waals surface area (Å²) in [7, 11) is 3.10. The summed E-state index contributed by atoms with van der Waals surface area (Å²) < 4.78 is 11.1. The Kier molecular flexibility index (Phi) is 6.95. The fraction of sp³-hybridized carbons (Fsp3) is 0.273. The molecule has 0 saturated heterocycles. The van der Waals surface area contributed by atoms with Gasteiger partial charge in [-0.2, -0.15) is 0 Å². The highest BCUT2D eigenvalue weighted by atomic mass is 35.5. The summed E-state index contributed by atoms with van der Waals surface area (Å²) in [5.41, 5.74) is 2.23. The van der Waals surface area contributed by atoms with E-state index in [0.29, 0.717) is 22.2 Å². The number of fused-ring (bicyclic) bond motifs is 1. The molecule has 2 aromatic rings. The smallest absolute Gasteiger partial charge is 0.305 e. The third-order valence-electron chi connectivity index (χ3n) is 4.79. The molecule has 0 bridgehead atoms. The Morgan fingerprint density at radius 1 is 1.27 bits per heavy atom. The first kappa shape index (κ1) is 22.1. The minimum Gasteiger partial charge on any atom is -0.493 e. The molecule has 2 atom stereocenters. The van der Waals surface area contributed by atoms with Gasteiger partial charge in [0.1, 0.15) is 0 Å². The molecule has 2 aromatic carbocycles. The number of halogens is 1. The zero-order valence-electron chi connectivity index (χ0n) is 16.6. The van der Waals surface area contributed by atoms with Crippen LogP contribution in [0.4, 0.5) is 5.69 Å². The number of carbonyl (C=O) groups excluding carboxylic acids is 1. The lowest BCUT2D eigenvalue weighted by Gasteiger charge is -2.24. The highest BCUT2D eigenvalue weighted by molar-refractivity contribution is 8.01. The summed E-state index contributed by atoms with van der Waals surface area (Å²) >= 11 is 7.58. The topological polar surface area (TPSA) is 76.1 Å². The molecule has 0 spiro atoms. The molecule has 1 heterocycles. The molecular formula is C22H22ClNO5S. The van der Waals surface area contributed by atoms with Gasteiger partial charge >= 0.3 is 5.97 Å². The largest absolute Gasteiger partial charge is 0.493 e. The van der Waals surface area contributed by atoms with Gasteiger partial charge in [0.25, 0.3) is 0 Å². The number of anilines is 1. The van der Waals surface area contributed by atoms with Gasteiger partial charge in [-0.3, -0.25) is 9.59 Å². The van der Waals surface area contributed by atoms with E-state index in [0.717, 1.165) is 11.1 Å². The van der Waals surface area contributed by atoms with Crippen molar-refractivity contribution < 1.29 is 24.2 Å². The number of para-hydroxylation sites is 1. The number of carboxylic acids is 1. The van der Waals surface area contributed by atoms with E-state index in [4.69, 9.17) is 21.1 Å². The number of carboxylic acid groups (broad SMARTS) is 1. The van der Waals surface area contributed by atoms with Gasteiger partial charge < -0.3 is 19.5 Å². The summed E-state index contributed by atoms with van der Waals surface area (Å²) in [6, 6.07) is 10.8. The maximum absolute atomic E-state index is 13.3. The normalized spacial score (nSPS) is 18.4. The van der Waals surface area contributed by atoms with Crippen molar-refractivity contribution in [3.05, 3.63) is 65.2 Å². The first-order valence-electron chi connectivity index (χ1n) is 9.21. The van der Waals surface area contributed by atoms with Gasteiger partial charge in [0, 0.05) is 22.8 Å². The zero-order chi connectivity index (χ0) is 21.8. The Hall–Kier alpha value is -2.64. The third-order valence-corrected chi connectivity index (χ3v) is 6.50. The van der Waals surface area contributed by atoms with Crippen LogP contribution in [-0.4, -0.2) is 43.0 Å². The molecule has 0 aliphatic carbocycles. The highest BCUT2D eigenvalue weighted by Crippen LogP contribution is 2.51. The van der Waals surface area contributed by atoms with Crippen LogP contribution in [0.25, 0.3) is 0 Å². The quantitative estimate of drug-likeness (QED) is 0.627. The first-order chi connectivity index (χ1) is 14.4. The van der Waals surface area contributed by atoms with E-state index in [2.05, 4.69) is 6.58 Å². The summed E-state index contributed by atoms with van der Waals surface area (Å²) in [5, 5.41) is 8.75. The fourth-order valence-corrected chi connectivity index (χ4v) is 5.20. The van der Waals surface area contributed by atoms with E-state index >= 15 is 0 Å². The molecule has 0 radical (unpaired) electrons. The second-order valence-electron chi connectivity index (χ2n) is 6.63. The van der Waals surface area contributed by atoms with Crippen LogP contribution < -0.4 is 14.4 Å². The monoisotopic (exact) mass is 447 g/mol. The van der Waals surface area contributed by atoms with Crippen molar-refractivity contribution in [2.24, 2.45) is 0 Å². The molecule has 1 amide bonds. The van der Waals surface area contributed by atoms with E-state index in [-0.39, 0.29) is 18.9 Å². The van der Waals surface area contributed by atoms with Gasteiger partial charge in [-0.25, -0.2) is 0 Å². The third kappa shape index (κ3) is 4.27. The number of ether oxygens (including phenoxy) is 2. The van der Waals surface area contributed by atoms with Crippen molar-refractivity contribution in [2.45, 2.75) is 16.9 Å². The van der Waals surface area contributed by atoms with Crippen molar-refractivity contribution in [2.75, 3.05) is 25.7 Å². The highest BCUT2D eigenvalue weighted by Gasteiger charge is 2.38. The Morgan fingerprint density at radius 3 is 2.67 bits per heavy atom. The number of nitrogens with zero attached hydrogens (tertiary/aromatic N) is 1. The van der Waals surface area contributed by atoms with Crippen molar-refractivity contribution in [1.82, 2.24) is 0 Å². The van der Waals surface area contributed by atoms with Crippen molar-refractivity contribution in [3.63, 3.8) is 0 Å². The predicted octanol–water partition coefficient (Wildman–Crippen LogP) is 4.56. The van der Waals surface area contributed by atoms with Crippen LogP contribution in [0.2, 0.25) is 5.02 Å². The van der Waals surface area contributed by atoms with Crippen molar-refractivity contribution in [3.8, 4) is 11.5 Å². The van der Waals surface area contributed by atoms with Crippen molar-refractivity contribution in [1.29, 1.82) is 0 Å². The van der Waals surface area contributed by atoms with Crippen LogP contribution in [-0.2, 0) is 9.59 Å². The van der Waals surface area contributed by atoms with Crippen LogP contribution in [0, 0.1) is 0 Å². The van der Waals surface area contributed by atoms with Crippen molar-refractivity contribution >= 4 is 40.9 Å². The summed E-state index contributed by atoms with van der Waals surface area (Å²) in [6.45, 7) is 4.00. The van der Waals surface area contributed by atoms with Crippen LogP contribution in [0.3, 0.4) is 0 Å². The summed E-state index contributed by atoms with van der Waals surface area (Å²) in [4.78, 5) is 26.4. The van der Waals surface area contributed by atoms with Gasteiger partial charge in [0.2, 0.25) is 5.91 Å². The molecule has 158 valence electrons. The van der Waals surface area contributed by atoms with E-state index in [1.54, 1.807) is 49.5 Å². The van der Waals surface area contributed by atoms with Crippen LogP contribution in [0.5, 0.6) is 11.5 Å². The molecule has 3 rings (SSSR count). The minimum absolute atomic E-state index is 0.256. The number of benzene rings is 2. The van der Waals surface area contributed by atoms with Gasteiger partial charge in [0.05, 0.1) is 31.1 Å². The number of amides is 1. The molecule has 6 nitrogen and oxygen atoms in total. The zero-order valence-corrected chi connectivity index (χ0v) is 18.2. The number of hydrogen-bond acceptors (Lipinski definition) is 5. The van der Waals surface area contributed by atoms with Gasteiger partial charge in [0.15, 0.2) is 11.5 Å². The number of thioether (sulfide) groups is 1. The van der Waals surface area contributed by atoms with Gasteiger partial charge in [-0.1, -0.05) is 29.8 Å². The van der Waals surface area contributed by atoms with E-state index in [1.807, 2.05) is 12.1 Å². The molecule has 30 heavy (non-hydrogen) atoms. The molecule has 0 aromatic heterocycles.